The Morgan fingerprint density at radius 2 is 0.875 bits per heavy atom. The van der Waals surface area contributed by atoms with E-state index in [2.05, 4.69) is 35.5 Å². The summed E-state index contributed by atoms with van der Waals surface area (Å²) in [5, 5.41) is 8.51. The molecule has 0 spiro atoms. The summed E-state index contributed by atoms with van der Waals surface area (Å²) < 4.78 is 32.3. The van der Waals surface area contributed by atoms with Crippen LogP contribution >= 0.6 is 25.5 Å². The maximum absolute atomic E-state index is 8.51. The third kappa shape index (κ3) is 23.5. The zero-order chi connectivity index (χ0) is 18.2. The molecule has 0 atom stereocenters. The van der Waals surface area contributed by atoms with Crippen LogP contribution < -0.4 is 0 Å². The first-order valence-corrected chi connectivity index (χ1v) is 25.5. The average molecular weight is 600 g/mol. The first kappa shape index (κ1) is 25.5. The first-order valence-electron chi connectivity index (χ1n) is 7.91. The standard InChI is InChI=1S/C14H32Br2O7Te/c1-24(2,15,16)23-14-13-22-12-11-21-10-9-20-8-7-19-6-5-18-4-3-17/h17,24H,3-14H2,1-2H3. The van der Waals surface area contributed by atoms with Crippen LogP contribution in [0.5, 0.6) is 0 Å². The van der Waals surface area contributed by atoms with Crippen molar-refractivity contribution in [2.75, 3.05) is 79.3 Å². The van der Waals surface area contributed by atoms with Gasteiger partial charge < -0.3 is 14.6 Å². The van der Waals surface area contributed by atoms with E-state index in [4.69, 9.17) is 31.9 Å². The van der Waals surface area contributed by atoms with Gasteiger partial charge in [0.15, 0.2) is 0 Å². The summed E-state index contributed by atoms with van der Waals surface area (Å²) in [6.07, 6.45) is 0. The van der Waals surface area contributed by atoms with E-state index in [9.17, 15) is 0 Å². The summed E-state index contributed by atoms with van der Waals surface area (Å²) in [5.41, 5.74) is 0. The summed E-state index contributed by atoms with van der Waals surface area (Å²) in [6.45, 7) is 5.70. The van der Waals surface area contributed by atoms with Crippen LogP contribution in [0.15, 0.2) is 0 Å². The number of halogens is 2. The zero-order valence-corrected chi connectivity index (χ0v) is 20.3. The van der Waals surface area contributed by atoms with E-state index in [1.54, 1.807) is 0 Å². The van der Waals surface area contributed by atoms with Crippen molar-refractivity contribution in [3.05, 3.63) is 0 Å². The van der Waals surface area contributed by atoms with Gasteiger partial charge in [-0.2, -0.15) is 0 Å². The number of ether oxygens (including phenoxy) is 5. The average Bonchev–Trinajstić information content (AvgIpc) is 2.48. The number of aliphatic hydroxyl groups is 1. The SMILES string of the molecule is C[TeH](C)(Br)(Br)OCCOCCOCCOCCOCCOCCO. The second kappa shape index (κ2) is 15.5. The fourth-order valence-electron chi connectivity index (χ4n) is 1.39. The van der Waals surface area contributed by atoms with E-state index in [1.165, 1.54) is 0 Å². The Kier molecular flexibility index (Phi) is 16.5. The molecule has 150 valence electrons. The van der Waals surface area contributed by atoms with E-state index in [0.29, 0.717) is 72.7 Å². The van der Waals surface area contributed by atoms with E-state index < -0.39 is 12.8 Å². The Morgan fingerprint density at radius 3 is 1.17 bits per heavy atom. The molecule has 7 nitrogen and oxygen atoms in total. The smallest absolute Gasteiger partial charge is 0.394 e. The summed E-state index contributed by atoms with van der Waals surface area (Å²) in [5.74, 6) is 0. The Bertz CT molecular complexity index is 281. The molecule has 0 radical (unpaired) electrons. The minimum Gasteiger partial charge on any atom is -0.394 e. The van der Waals surface area contributed by atoms with Crippen molar-refractivity contribution in [2.45, 2.75) is 9.94 Å². The van der Waals surface area contributed by atoms with Crippen molar-refractivity contribution in [1.82, 2.24) is 0 Å². The Labute approximate surface area is 158 Å². The molecular formula is C14H32Br2O7Te. The predicted octanol–water partition coefficient (Wildman–Crippen LogP) is 1.75. The van der Waals surface area contributed by atoms with Crippen LogP contribution in [0.25, 0.3) is 0 Å². The third-order valence-corrected chi connectivity index (χ3v) is 7.70. The van der Waals surface area contributed by atoms with Crippen molar-refractivity contribution in [2.24, 2.45) is 0 Å². The quantitative estimate of drug-likeness (QED) is 0.190. The normalized spacial score (nSPS) is 13.8. The molecule has 0 amide bonds. The van der Waals surface area contributed by atoms with E-state index in [0.717, 1.165) is 0 Å². The summed E-state index contributed by atoms with van der Waals surface area (Å²) in [4.78, 5) is 4.15. The van der Waals surface area contributed by atoms with Crippen LogP contribution in [0.1, 0.15) is 0 Å². The Morgan fingerprint density at radius 1 is 0.583 bits per heavy atom. The summed E-state index contributed by atoms with van der Waals surface area (Å²) in [7, 11) is 0. The van der Waals surface area contributed by atoms with Crippen molar-refractivity contribution < 1.29 is 31.9 Å². The molecule has 0 unspecified atom stereocenters. The summed E-state index contributed by atoms with van der Waals surface area (Å²) >= 11 is 4.23. The Hall–Kier alpha value is 1.47. The molecule has 0 heterocycles. The third-order valence-electron chi connectivity index (χ3n) is 2.40. The molecule has 0 aliphatic carbocycles. The van der Waals surface area contributed by atoms with Gasteiger partial charge >= 0.3 is 118 Å². The summed E-state index contributed by atoms with van der Waals surface area (Å²) in [6, 6.07) is 0. The number of hydrogen-bond donors (Lipinski definition) is 1. The van der Waals surface area contributed by atoms with Crippen LogP contribution in [-0.2, 0) is 26.8 Å². The molecule has 0 aliphatic heterocycles. The second-order valence-corrected chi connectivity index (χ2v) is 49.8. The van der Waals surface area contributed by atoms with Gasteiger partial charge in [-0.1, -0.05) is 0 Å². The maximum atomic E-state index is 8.51. The van der Waals surface area contributed by atoms with Crippen LogP contribution in [0.2, 0.25) is 9.94 Å². The Balaban J connectivity index is 3.08. The number of rotatable bonds is 18. The van der Waals surface area contributed by atoms with Gasteiger partial charge in [-0.3, -0.25) is 0 Å². The van der Waals surface area contributed by atoms with Gasteiger partial charge in [0.2, 0.25) is 0 Å². The number of hydrogen-bond acceptors (Lipinski definition) is 7. The van der Waals surface area contributed by atoms with Crippen molar-refractivity contribution in [3.8, 4) is 0 Å². The molecule has 1 N–H and O–H groups in total. The number of aliphatic hydroxyl groups excluding tert-OH is 1. The van der Waals surface area contributed by atoms with E-state index >= 15 is 0 Å². The molecule has 0 saturated carbocycles. The van der Waals surface area contributed by atoms with Crippen LogP contribution in [0.3, 0.4) is 0 Å². The minimum atomic E-state index is -2.99. The monoisotopic (exact) mass is 600 g/mol. The molecule has 0 aliphatic rings. The van der Waals surface area contributed by atoms with Crippen molar-refractivity contribution in [3.63, 3.8) is 0 Å². The first-order chi connectivity index (χ1) is 11.3. The topological polar surface area (TPSA) is 75.6 Å². The van der Waals surface area contributed by atoms with Gasteiger partial charge in [0, 0.05) is 0 Å². The molecule has 0 saturated heterocycles. The van der Waals surface area contributed by atoms with Gasteiger partial charge in [0.25, 0.3) is 0 Å². The molecule has 0 aromatic heterocycles. The van der Waals surface area contributed by atoms with Gasteiger partial charge in [-0.25, -0.2) is 0 Å². The van der Waals surface area contributed by atoms with Crippen molar-refractivity contribution in [1.29, 1.82) is 0 Å². The molecule has 0 rings (SSSR count). The van der Waals surface area contributed by atoms with Gasteiger partial charge in [-0.15, -0.1) is 0 Å². The van der Waals surface area contributed by atoms with Crippen molar-refractivity contribution >= 4 is 38.3 Å². The van der Waals surface area contributed by atoms with Gasteiger partial charge in [-0.05, 0) is 0 Å². The molecule has 0 aromatic rings. The minimum absolute atomic E-state index is 0.0380. The molecule has 0 aromatic carbocycles. The van der Waals surface area contributed by atoms with E-state index in [1.807, 2.05) is 0 Å². The molecule has 0 fully saturated rings. The zero-order valence-electron chi connectivity index (χ0n) is 14.6. The predicted molar refractivity (Wildman–Crippen MR) is 104 cm³/mol. The van der Waals surface area contributed by atoms with E-state index in [-0.39, 0.29) is 6.61 Å². The molecular weight excluding hydrogens is 568 g/mol. The van der Waals surface area contributed by atoms with Crippen LogP contribution in [0, 0.1) is 0 Å². The molecule has 24 heavy (non-hydrogen) atoms. The fourth-order valence-corrected chi connectivity index (χ4v) is 4.99. The second-order valence-electron chi connectivity index (χ2n) is 5.31. The van der Waals surface area contributed by atoms with Gasteiger partial charge in [0.1, 0.15) is 0 Å². The van der Waals surface area contributed by atoms with Gasteiger partial charge in [0.05, 0.1) is 26.4 Å². The molecule has 0 bridgehead atoms. The van der Waals surface area contributed by atoms with Crippen LogP contribution in [-0.4, -0.2) is 97.2 Å². The fraction of sp³-hybridized carbons (Fsp3) is 1.00. The van der Waals surface area contributed by atoms with Crippen LogP contribution in [0.4, 0.5) is 0 Å². The molecule has 10 heteroatoms.